The first-order valence-electron chi connectivity index (χ1n) is 5.47. The van der Waals surface area contributed by atoms with Crippen molar-refractivity contribution in [2.45, 2.75) is 19.5 Å². The molecule has 4 nitrogen and oxygen atoms in total. The molecule has 1 atom stereocenters. The first-order chi connectivity index (χ1) is 8.18. The Balaban J connectivity index is 2.21. The molecule has 1 unspecified atom stereocenters. The molecular weight excluding hydrogens is 216 g/mol. The van der Waals surface area contributed by atoms with Crippen LogP contribution >= 0.6 is 0 Å². The number of pyridine rings is 1. The third-order valence-corrected chi connectivity index (χ3v) is 2.71. The lowest BCUT2D eigenvalue weighted by molar-refractivity contribution is -0.139. The quantitative estimate of drug-likeness (QED) is 0.840. The van der Waals surface area contributed by atoms with Gasteiger partial charge in [0.15, 0.2) is 0 Å². The maximum absolute atomic E-state index is 10.7. The van der Waals surface area contributed by atoms with Crippen molar-refractivity contribution in [1.82, 2.24) is 10.3 Å². The maximum atomic E-state index is 10.7. The zero-order valence-electron chi connectivity index (χ0n) is 9.55. The molecule has 0 amide bonds. The van der Waals surface area contributed by atoms with Gasteiger partial charge in [0.05, 0.1) is 5.52 Å². The molecule has 2 rings (SSSR count). The zero-order chi connectivity index (χ0) is 12.3. The first kappa shape index (κ1) is 11.5. The number of fused-ring (bicyclic) bond motifs is 1. The molecule has 0 fully saturated rings. The van der Waals surface area contributed by atoms with Crippen LogP contribution < -0.4 is 5.32 Å². The summed E-state index contributed by atoms with van der Waals surface area (Å²) in [4.78, 5) is 15.0. The van der Waals surface area contributed by atoms with Crippen molar-refractivity contribution in [3.8, 4) is 0 Å². The molecular formula is C13H14N2O2. The van der Waals surface area contributed by atoms with E-state index in [1.165, 1.54) is 0 Å². The molecule has 0 aliphatic carbocycles. The lowest BCUT2D eigenvalue weighted by atomic mass is 10.1. The van der Waals surface area contributed by atoms with Crippen molar-refractivity contribution in [2.75, 3.05) is 0 Å². The highest BCUT2D eigenvalue weighted by Crippen LogP contribution is 2.15. The summed E-state index contributed by atoms with van der Waals surface area (Å²) in [7, 11) is 0. The number of para-hydroxylation sites is 1. The molecule has 1 heterocycles. The van der Waals surface area contributed by atoms with Crippen LogP contribution in [-0.4, -0.2) is 22.1 Å². The van der Waals surface area contributed by atoms with Crippen LogP contribution in [0.25, 0.3) is 10.9 Å². The predicted octanol–water partition coefficient (Wildman–Crippen LogP) is 1.80. The molecule has 0 aliphatic heterocycles. The van der Waals surface area contributed by atoms with Crippen LogP contribution in [0.3, 0.4) is 0 Å². The van der Waals surface area contributed by atoms with Crippen molar-refractivity contribution in [2.24, 2.45) is 0 Å². The highest BCUT2D eigenvalue weighted by atomic mass is 16.4. The largest absolute Gasteiger partial charge is 0.480 e. The number of rotatable bonds is 4. The Labute approximate surface area is 99.3 Å². The summed E-state index contributed by atoms with van der Waals surface area (Å²) in [6, 6.07) is 9.18. The number of hydrogen-bond acceptors (Lipinski definition) is 3. The number of aliphatic carboxylic acids is 1. The second kappa shape index (κ2) is 4.93. The van der Waals surface area contributed by atoms with E-state index in [-0.39, 0.29) is 0 Å². The van der Waals surface area contributed by atoms with Gasteiger partial charge in [-0.1, -0.05) is 18.2 Å². The van der Waals surface area contributed by atoms with Crippen molar-refractivity contribution in [3.63, 3.8) is 0 Å². The Morgan fingerprint density at radius 3 is 2.94 bits per heavy atom. The summed E-state index contributed by atoms with van der Waals surface area (Å²) >= 11 is 0. The SMILES string of the molecule is CC(NCc1ccnc2ccccc12)C(=O)O. The fourth-order valence-electron chi connectivity index (χ4n) is 1.66. The van der Waals surface area contributed by atoms with E-state index in [0.29, 0.717) is 6.54 Å². The number of nitrogens with zero attached hydrogens (tertiary/aromatic N) is 1. The van der Waals surface area contributed by atoms with Gasteiger partial charge in [-0.05, 0) is 24.6 Å². The van der Waals surface area contributed by atoms with Crippen molar-refractivity contribution < 1.29 is 9.90 Å². The van der Waals surface area contributed by atoms with E-state index in [1.54, 1.807) is 13.1 Å². The minimum atomic E-state index is -0.844. The molecule has 0 bridgehead atoms. The Hall–Kier alpha value is -1.94. The number of carboxylic acid groups (broad SMARTS) is 1. The third kappa shape index (κ3) is 2.60. The predicted molar refractivity (Wildman–Crippen MR) is 65.7 cm³/mol. The number of benzene rings is 1. The average Bonchev–Trinajstić information content (AvgIpc) is 2.35. The van der Waals surface area contributed by atoms with E-state index < -0.39 is 12.0 Å². The maximum Gasteiger partial charge on any atom is 0.320 e. The summed E-state index contributed by atoms with van der Waals surface area (Å²) in [6.45, 7) is 2.15. The summed E-state index contributed by atoms with van der Waals surface area (Å²) < 4.78 is 0. The summed E-state index contributed by atoms with van der Waals surface area (Å²) in [5.74, 6) is -0.844. The molecule has 1 aromatic heterocycles. The van der Waals surface area contributed by atoms with Crippen LogP contribution in [0.1, 0.15) is 12.5 Å². The number of carboxylic acids is 1. The lowest BCUT2D eigenvalue weighted by Crippen LogP contribution is -2.33. The van der Waals surface area contributed by atoms with Crippen molar-refractivity contribution >= 4 is 16.9 Å². The van der Waals surface area contributed by atoms with Gasteiger partial charge in [-0.3, -0.25) is 9.78 Å². The van der Waals surface area contributed by atoms with Gasteiger partial charge in [-0.25, -0.2) is 0 Å². The van der Waals surface area contributed by atoms with E-state index in [9.17, 15) is 4.79 Å². The van der Waals surface area contributed by atoms with E-state index in [2.05, 4.69) is 10.3 Å². The molecule has 0 saturated heterocycles. The van der Waals surface area contributed by atoms with Gasteiger partial charge in [0.1, 0.15) is 6.04 Å². The van der Waals surface area contributed by atoms with Gasteiger partial charge in [-0.2, -0.15) is 0 Å². The topological polar surface area (TPSA) is 62.2 Å². The number of aromatic nitrogens is 1. The summed E-state index contributed by atoms with van der Waals surface area (Å²) in [5.41, 5.74) is 1.98. The van der Waals surface area contributed by atoms with Crippen molar-refractivity contribution in [1.29, 1.82) is 0 Å². The van der Waals surface area contributed by atoms with Gasteiger partial charge >= 0.3 is 5.97 Å². The van der Waals surface area contributed by atoms with E-state index in [0.717, 1.165) is 16.5 Å². The summed E-state index contributed by atoms with van der Waals surface area (Å²) in [5, 5.41) is 12.8. The zero-order valence-corrected chi connectivity index (χ0v) is 9.55. The van der Waals surface area contributed by atoms with Crippen LogP contribution in [0.4, 0.5) is 0 Å². The minimum absolute atomic E-state index is 0.524. The minimum Gasteiger partial charge on any atom is -0.480 e. The van der Waals surface area contributed by atoms with Gasteiger partial charge in [0.2, 0.25) is 0 Å². The fraction of sp³-hybridized carbons (Fsp3) is 0.231. The van der Waals surface area contributed by atoms with Crippen LogP contribution in [0.5, 0.6) is 0 Å². The smallest absolute Gasteiger partial charge is 0.320 e. The second-order valence-corrected chi connectivity index (χ2v) is 3.93. The Kier molecular flexibility index (Phi) is 3.35. The van der Waals surface area contributed by atoms with Crippen LogP contribution in [0.2, 0.25) is 0 Å². The van der Waals surface area contributed by atoms with Gasteiger partial charge in [0.25, 0.3) is 0 Å². The van der Waals surface area contributed by atoms with E-state index in [4.69, 9.17) is 5.11 Å². The van der Waals surface area contributed by atoms with Gasteiger partial charge in [-0.15, -0.1) is 0 Å². The molecule has 2 N–H and O–H groups in total. The fourth-order valence-corrected chi connectivity index (χ4v) is 1.66. The highest BCUT2D eigenvalue weighted by Gasteiger charge is 2.10. The number of carbonyl (C=O) groups is 1. The molecule has 17 heavy (non-hydrogen) atoms. The lowest BCUT2D eigenvalue weighted by Gasteiger charge is -2.10. The van der Waals surface area contributed by atoms with E-state index >= 15 is 0 Å². The normalized spacial score (nSPS) is 12.5. The molecule has 0 aliphatic rings. The highest BCUT2D eigenvalue weighted by molar-refractivity contribution is 5.81. The first-order valence-corrected chi connectivity index (χ1v) is 5.47. The average molecular weight is 230 g/mol. The monoisotopic (exact) mass is 230 g/mol. The van der Waals surface area contributed by atoms with Crippen LogP contribution in [0.15, 0.2) is 36.5 Å². The Bertz CT molecular complexity index is 534. The van der Waals surface area contributed by atoms with Crippen molar-refractivity contribution in [3.05, 3.63) is 42.1 Å². The van der Waals surface area contributed by atoms with E-state index in [1.807, 2.05) is 30.3 Å². The van der Waals surface area contributed by atoms with Crippen LogP contribution in [-0.2, 0) is 11.3 Å². The molecule has 2 aromatic rings. The van der Waals surface area contributed by atoms with Gasteiger partial charge < -0.3 is 10.4 Å². The molecule has 4 heteroatoms. The Morgan fingerprint density at radius 2 is 2.18 bits per heavy atom. The number of nitrogens with one attached hydrogen (secondary N) is 1. The second-order valence-electron chi connectivity index (χ2n) is 3.93. The molecule has 88 valence electrons. The molecule has 1 aromatic carbocycles. The molecule has 0 radical (unpaired) electrons. The third-order valence-electron chi connectivity index (χ3n) is 2.71. The molecule has 0 saturated carbocycles. The van der Waals surface area contributed by atoms with Crippen LogP contribution in [0, 0.1) is 0 Å². The number of hydrogen-bond donors (Lipinski definition) is 2. The summed E-state index contributed by atoms with van der Waals surface area (Å²) in [6.07, 6.45) is 1.74. The Morgan fingerprint density at radius 1 is 1.41 bits per heavy atom. The molecule has 0 spiro atoms. The standard InChI is InChI=1S/C13H14N2O2/c1-9(13(16)17)15-8-10-6-7-14-12-5-3-2-4-11(10)12/h2-7,9,15H,8H2,1H3,(H,16,17). The van der Waals surface area contributed by atoms with Gasteiger partial charge in [0, 0.05) is 18.1 Å².